The molecule has 0 bridgehead atoms. The Morgan fingerprint density at radius 3 is 2.53 bits per heavy atom. The quantitative estimate of drug-likeness (QED) is 0.699. The summed E-state index contributed by atoms with van der Waals surface area (Å²) in [5, 5.41) is 2.90. The third-order valence-corrected chi connectivity index (χ3v) is 3.54. The van der Waals surface area contributed by atoms with Gasteiger partial charge in [-0.3, -0.25) is 4.79 Å². The molecule has 15 heavy (non-hydrogen) atoms. The molecule has 3 nitrogen and oxygen atoms in total. The fraction of sp³-hybridized carbons (Fsp3) is 0.909. The Hall–Kier alpha value is -0.220. The molecule has 0 radical (unpaired) electrons. The molecule has 0 aromatic carbocycles. The molecule has 0 saturated carbocycles. The van der Waals surface area contributed by atoms with E-state index in [9.17, 15) is 4.79 Å². The van der Waals surface area contributed by atoms with Gasteiger partial charge in [0.1, 0.15) is 0 Å². The molecule has 3 atom stereocenters. The molecule has 0 saturated heterocycles. The van der Waals surface area contributed by atoms with E-state index in [1.54, 1.807) is 11.8 Å². The van der Waals surface area contributed by atoms with Crippen molar-refractivity contribution in [2.45, 2.75) is 33.2 Å². The lowest BCUT2D eigenvalue weighted by Crippen LogP contribution is -2.45. The maximum Gasteiger partial charge on any atom is 0.237 e. The summed E-state index contributed by atoms with van der Waals surface area (Å²) >= 11 is 1.80. The normalized spacial score (nSPS) is 16.9. The minimum absolute atomic E-state index is 0.0164. The predicted octanol–water partition coefficient (Wildman–Crippen LogP) is 1.48. The number of nitrogens with one attached hydrogen (secondary N) is 1. The first kappa shape index (κ1) is 14.8. The minimum Gasteiger partial charge on any atom is -0.354 e. The molecule has 4 heteroatoms. The topological polar surface area (TPSA) is 55.1 Å². The number of carbonyl (C=O) groups excluding carboxylic acids is 1. The van der Waals surface area contributed by atoms with Crippen LogP contribution in [-0.4, -0.2) is 30.5 Å². The van der Waals surface area contributed by atoms with Crippen LogP contribution in [-0.2, 0) is 4.79 Å². The monoisotopic (exact) mass is 232 g/mol. The molecule has 1 amide bonds. The molecule has 0 heterocycles. The summed E-state index contributed by atoms with van der Waals surface area (Å²) in [5.41, 5.74) is 5.81. The van der Waals surface area contributed by atoms with Crippen LogP contribution in [0.2, 0.25) is 0 Å². The van der Waals surface area contributed by atoms with E-state index in [2.05, 4.69) is 18.5 Å². The highest BCUT2D eigenvalue weighted by molar-refractivity contribution is 7.98. The van der Waals surface area contributed by atoms with E-state index in [0.717, 1.165) is 18.7 Å². The second-order valence-corrected chi connectivity index (χ2v) is 5.13. The lowest BCUT2D eigenvalue weighted by molar-refractivity contribution is -0.123. The van der Waals surface area contributed by atoms with Gasteiger partial charge < -0.3 is 11.1 Å². The van der Waals surface area contributed by atoms with Crippen molar-refractivity contribution in [3.63, 3.8) is 0 Å². The van der Waals surface area contributed by atoms with E-state index < -0.39 is 0 Å². The van der Waals surface area contributed by atoms with Crippen molar-refractivity contribution in [2.75, 3.05) is 18.6 Å². The van der Waals surface area contributed by atoms with Gasteiger partial charge in [0.2, 0.25) is 5.91 Å². The van der Waals surface area contributed by atoms with Gasteiger partial charge in [-0.1, -0.05) is 27.2 Å². The van der Waals surface area contributed by atoms with Gasteiger partial charge in [-0.2, -0.15) is 11.8 Å². The van der Waals surface area contributed by atoms with Crippen LogP contribution in [0.3, 0.4) is 0 Å². The van der Waals surface area contributed by atoms with Gasteiger partial charge in [-0.05, 0) is 23.8 Å². The van der Waals surface area contributed by atoms with Crippen LogP contribution in [0.15, 0.2) is 0 Å². The molecule has 3 N–H and O–H groups in total. The Bertz CT molecular complexity index is 187. The first-order valence-corrected chi connectivity index (χ1v) is 6.94. The Balaban J connectivity index is 3.82. The second kappa shape index (κ2) is 7.99. The third kappa shape index (κ3) is 6.05. The van der Waals surface area contributed by atoms with Gasteiger partial charge in [0.15, 0.2) is 0 Å². The van der Waals surface area contributed by atoms with Crippen molar-refractivity contribution in [1.29, 1.82) is 0 Å². The van der Waals surface area contributed by atoms with Crippen LogP contribution >= 0.6 is 11.8 Å². The Kier molecular flexibility index (Phi) is 7.88. The lowest BCUT2D eigenvalue weighted by Gasteiger charge is -2.19. The summed E-state index contributed by atoms with van der Waals surface area (Å²) in [4.78, 5) is 11.6. The van der Waals surface area contributed by atoms with Crippen LogP contribution < -0.4 is 11.1 Å². The molecule has 3 unspecified atom stereocenters. The SMILES string of the molecule is CCC(C)C(N)C(=O)NCC(C)CSC. The average Bonchev–Trinajstić information content (AvgIpc) is 2.24. The molecule has 0 aliphatic rings. The van der Waals surface area contributed by atoms with E-state index in [4.69, 9.17) is 5.73 Å². The summed E-state index contributed by atoms with van der Waals surface area (Å²) in [7, 11) is 0. The molecule has 0 fully saturated rings. The standard InChI is InChI=1S/C11H24N2OS/c1-5-9(3)10(12)11(14)13-6-8(2)7-15-4/h8-10H,5-7,12H2,1-4H3,(H,13,14). The molecule has 0 aromatic rings. The number of thioether (sulfide) groups is 1. The van der Waals surface area contributed by atoms with Crippen molar-refractivity contribution < 1.29 is 4.79 Å². The van der Waals surface area contributed by atoms with E-state index in [0.29, 0.717) is 5.92 Å². The zero-order valence-electron chi connectivity index (χ0n) is 10.2. The summed E-state index contributed by atoms with van der Waals surface area (Å²) in [6.45, 7) is 6.92. The summed E-state index contributed by atoms with van der Waals surface area (Å²) in [6, 6.07) is -0.364. The van der Waals surface area contributed by atoms with Gasteiger partial charge in [-0.15, -0.1) is 0 Å². The Morgan fingerprint density at radius 2 is 2.07 bits per heavy atom. The van der Waals surface area contributed by atoms with Crippen LogP contribution in [0.1, 0.15) is 27.2 Å². The molecule has 0 aromatic heterocycles. The maximum absolute atomic E-state index is 11.6. The lowest BCUT2D eigenvalue weighted by atomic mass is 9.99. The molecule has 90 valence electrons. The van der Waals surface area contributed by atoms with E-state index in [1.807, 2.05) is 13.8 Å². The van der Waals surface area contributed by atoms with Crippen molar-refractivity contribution in [3.8, 4) is 0 Å². The van der Waals surface area contributed by atoms with Crippen molar-refractivity contribution >= 4 is 17.7 Å². The smallest absolute Gasteiger partial charge is 0.237 e. The third-order valence-electron chi connectivity index (χ3n) is 2.64. The average molecular weight is 232 g/mol. The first-order valence-electron chi connectivity index (χ1n) is 5.55. The maximum atomic E-state index is 11.6. The highest BCUT2D eigenvalue weighted by atomic mass is 32.2. The molecular weight excluding hydrogens is 208 g/mol. The minimum atomic E-state index is -0.364. The Morgan fingerprint density at radius 1 is 1.47 bits per heavy atom. The molecular formula is C11H24N2OS. The van der Waals surface area contributed by atoms with Crippen LogP contribution in [0.4, 0.5) is 0 Å². The van der Waals surface area contributed by atoms with E-state index in [-0.39, 0.29) is 17.9 Å². The molecule has 0 aliphatic heterocycles. The largest absolute Gasteiger partial charge is 0.354 e. The number of rotatable bonds is 7. The predicted molar refractivity (Wildman–Crippen MR) is 68.0 cm³/mol. The number of hydrogen-bond acceptors (Lipinski definition) is 3. The van der Waals surface area contributed by atoms with Crippen molar-refractivity contribution in [3.05, 3.63) is 0 Å². The zero-order chi connectivity index (χ0) is 11.8. The van der Waals surface area contributed by atoms with Gasteiger partial charge in [0.05, 0.1) is 6.04 Å². The molecule has 0 aliphatic carbocycles. The van der Waals surface area contributed by atoms with Crippen LogP contribution in [0.5, 0.6) is 0 Å². The summed E-state index contributed by atoms with van der Waals surface area (Å²) in [6.07, 6.45) is 3.01. The number of nitrogens with two attached hydrogens (primary N) is 1. The highest BCUT2D eigenvalue weighted by Crippen LogP contribution is 2.06. The van der Waals surface area contributed by atoms with Gasteiger partial charge in [-0.25, -0.2) is 0 Å². The van der Waals surface area contributed by atoms with Crippen molar-refractivity contribution in [2.24, 2.45) is 17.6 Å². The molecule has 0 spiro atoms. The van der Waals surface area contributed by atoms with Gasteiger partial charge >= 0.3 is 0 Å². The fourth-order valence-electron chi connectivity index (χ4n) is 1.25. The highest BCUT2D eigenvalue weighted by Gasteiger charge is 2.19. The van der Waals surface area contributed by atoms with E-state index in [1.165, 1.54) is 0 Å². The fourth-order valence-corrected chi connectivity index (χ4v) is 1.94. The van der Waals surface area contributed by atoms with Gasteiger partial charge in [0.25, 0.3) is 0 Å². The van der Waals surface area contributed by atoms with Crippen LogP contribution in [0.25, 0.3) is 0 Å². The Labute approximate surface area is 97.6 Å². The summed E-state index contributed by atoms with van der Waals surface area (Å²) in [5.74, 6) is 1.81. The number of hydrogen-bond donors (Lipinski definition) is 2. The van der Waals surface area contributed by atoms with Crippen LogP contribution in [0, 0.1) is 11.8 Å². The second-order valence-electron chi connectivity index (χ2n) is 4.22. The first-order chi connectivity index (χ1) is 7.02. The number of amides is 1. The van der Waals surface area contributed by atoms with E-state index >= 15 is 0 Å². The zero-order valence-corrected chi connectivity index (χ0v) is 11.1. The van der Waals surface area contributed by atoms with Crippen molar-refractivity contribution in [1.82, 2.24) is 5.32 Å². The number of carbonyl (C=O) groups is 1. The summed E-state index contributed by atoms with van der Waals surface area (Å²) < 4.78 is 0. The molecule has 0 rings (SSSR count). The van der Waals surface area contributed by atoms with Gasteiger partial charge in [0, 0.05) is 6.54 Å².